The second kappa shape index (κ2) is 9.67. The van der Waals surface area contributed by atoms with E-state index in [2.05, 4.69) is 17.1 Å². The molecular formula is C16H31NO2S. The Bertz CT molecular complexity index is 280. The summed E-state index contributed by atoms with van der Waals surface area (Å²) in [5.74, 6) is 1.05. The van der Waals surface area contributed by atoms with Crippen LogP contribution in [0.4, 0.5) is 0 Å². The van der Waals surface area contributed by atoms with E-state index in [0.29, 0.717) is 6.61 Å². The molecule has 0 saturated heterocycles. The van der Waals surface area contributed by atoms with E-state index in [-0.39, 0.29) is 5.97 Å². The molecule has 0 amide bonds. The molecule has 0 aromatic carbocycles. The van der Waals surface area contributed by atoms with Crippen molar-refractivity contribution in [2.45, 2.75) is 76.5 Å². The molecule has 118 valence electrons. The van der Waals surface area contributed by atoms with E-state index >= 15 is 0 Å². The van der Waals surface area contributed by atoms with Crippen LogP contribution in [0.3, 0.4) is 0 Å². The maximum atomic E-state index is 12.1. The molecule has 0 aromatic rings. The second-order valence-electron chi connectivity index (χ2n) is 5.82. The summed E-state index contributed by atoms with van der Waals surface area (Å²) in [7, 11) is 0. The first-order valence-electron chi connectivity index (χ1n) is 8.16. The van der Waals surface area contributed by atoms with Gasteiger partial charge in [0.05, 0.1) is 6.61 Å². The average molecular weight is 301 g/mol. The molecule has 1 atom stereocenters. The Balaban J connectivity index is 2.28. The predicted octanol–water partition coefficient (Wildman–Crippen LogP) is 3.76. The number of rotatable bonds is 9. The van der Waals surface area contributed by atoms with Crippen molar-refractivity contribution in [3.8, 4) is 0 Å². The summed E-state index contributed by atoms with van der Waals surface area (Å²) in [6.45, 7) is 7.12. The van der Waals surface area contributed by atoms with Crippen LogP contribution in [-0.2, 0) is 9.53 Å². The normalized spacial score (nSPS) is 19.6. The Morgan fingerprint density at radius 2 is 2.00 bits per heavy atom. The molecule has 1 saturated carbocycles. The molecule has 1 unspecified atom stereocenters. The quantitative estimate of drug-likeness (QED) is 0.520. The number of nitrogens with one attached hydrogen (secondary N) is 1. The van der Waals surface area contributed by atoms with Gasteiger partial charge in [0.2, 0.25) is 0 Å². The van der Waals surface area contributed by atoms with E-state index in [1.807, 2.05) is 20.8 Å². The zero-order valence-electron chi connectivity index (χ0n) is 13.4. The fourth-order valence-electron chi connectivity index (χ4n) is 2.85. The van der Waals surface area contributed by atoms with Gasteiger partial charge in [0.25, 0.3) is 0 Å². The summed E-state index contributed by atoms with van der Waals surface area (Å²) >= 11 is 2.10. The molecule has 1 aliphatic carbocycles. The molecule has 1 aliphatic rings. The Labute approximate surface area is 128 Å². The van der Waals surface area contributed by atoms with Crippen LogP contribution in [0.5, 0.6) is 0 Å². The van der Waals surface area contributed by atoms with E-state index in [1.165, 1.54) is 32.1 Å². The molecular weight excluding hydrogens is 270 g/mol. The summed E-state index contributed by atoms with van der Waals surface area (Å²) in [5.41, 5.74) is -0.516. The van der Waals surface area contributed by atoms with Gasteiger partial charge in [0, 0.05) is 5.25 Å². The van der Waals surface area contributed by atoms with E-state index in [9.17, 15) is 4.79 Å². The summed E-state index contributed by atoms with van der Waals surface area (Å²) in [5, 5.41) is 4.16. The SMILES string of the molecule is CCNC(C)(CCCSC1CCCCC1)C(=O)OCC. The van der Waals surface area contributed by atoms with Crippen LogP contribution in [0, 0.1) is 0 Å². The molecule has 3 nitrogen and oxygen atoms in total. The van der Waals surface area contributed by atoms with Crippen LogP contribution in [-0.4, -0.2) is 35.7 Å². The van der Waals surface area contributed by atoms with Crippen molar-refractivity contribution >= 4 is 17.7 Å². The Morgan fingerprint density at radius 1 is 1.30 bits per heavy atom. The van der Waals surface area contributed by atoms with Gasteiger partial charge < -0.3 is 10.1 Å². The van der Waals surface area contributed by atoms with Crippen LogP contribution in [0.25, 0.3) is 0 Å². The largest absolute Gasteiger partial charge is 0.465 e. The highest BCUT2D eigenvalue weighted by molar-refractivity contribution is 7.99. The molecule has 1 rings (SSSR count). The average Bonchev–Trinajstić information content (AvgIpc) is 2.45. The number of thioether (sulfide) groups is 1. The third-order valence-corrected chi connectivity index (χ3v) is 5.49. The summed E-state index contributed by atoms with van der Waals surface area (Å²) in [6.07, 6.45) is 8.91. The fourth-order valence-corrected chi connectivity index (χ4v) is 4.16. The lowest BCUT2D eigenvalue weighted by molar-refractivity contribution is -0.150. The molecule has 0 spiro atoms. The highest BCUT2D eigenvalue weighted by Gasteiger charge is 2.33. The van der Waals surface area contributed by atoms with Crippen LogP contribution in [0.1, 0.15) is 65.7 Å². The number of likely N-dealkylation sites (N-methyl/N-ethyl adjacent to an activating group) is 1. The van der Waals surface area contributed by atoms with E-state index in [0.717, 1.165) is 30.4 Å². The van der Waals surface area contributed by atoms with Gasteiger partial charge in [-0.15, -0.1) is 0 Å². The maximum Gasteiger partial charge on any atom is 0.326 e. The monoisotopic (exact) mass is 301 g/mol. The second-order valence-corrected chi connectivity index (χ2v) is 7.23. The lowest BCUT2D eigenvalue weighted by atomic mass is 9.96. The predicted molar refractivity (Wildman–Crippen MR) is 87.3 cm³/mol. The van der Waals surface area contributed by atoms with Crippen LogP contribution in [0.15, 0.2) is 0 Å². The molecule has 1 N–H and O–H groups in total. The van der Waals surface area contributed by atoms with Crippen molar-refractivity contribution in [2.24, 2.45) is 0 Å². The van der Waals surface area contributed by atoms with Crippen LogP contribution >= 0.6 is 11.8 Å². The smallest absolute Gasteiger partial charge is 0.326 e. The Kier molecular flexibility index (Phi) is 8.62. The Hall–Kier alpha value is -0.220. The van der Waals surface area contributed by atoms with Crippen molar-refractivity contribution < 1.29 is 9.53 Å². The van der Waals surface area contributed by atoms with Crippen molar-refractivity contribution in [3.63, 3.8) is 0 Å². The van der Waals surface area contributed by atoms with Crippen LogP contribution < -0.4 is 5.32 Å². The summed E-state index contributed by atoms with van der Waals surface area (Å²) in [6, 6.07) is 0. The van der Waals surface area contributed by atoms with Gasteiger partial charge in [-0.1, -0.05) is 26.2 Å². The minimum atomic E-state index is -0.516. The summed E-state index contributed by atoms with van der Waals surface area (Å²) < 4.78 is 5.20. The zero-order chi connectivity index (χ0) is 14.8. The molecule has 0 heterocycles. The first-order valence-corrected chi connectivity index (χ1v) is 9.21. The van der Waals surface area contributed by atoms with Gasteiger partial charge in [-0.2, -0.15) is 11.8 Å². The van der Waals surface area contributed by atoms with Gasteiger partial charge in [0.15, 0.2) is 0 Å². The van der Waals surface area contributed by atoms with Gasteiger partial charge in [-0.25, -0.2) is 0 Å². The number of esters is 1. The molecule has 1 fully saturated rings. The lowest BCUT2D eigenvalue weighted by Gasteiger charge is -2.28. The first kappa shape index (κ1) is 17.8. The van der Waals surface area contributed by atoms with Crippen molar-refractivity contribution in [2.75, 3.05) is 18.9 Å². The number of carbonyl (C=O) groups is 1. The number of hydrogen-bond acceptors (Lipinski definition) is 4. The highest BCUT2D eigenvalue weighted by Crippen LogP contribution is 2.29. The minimum Gasteiger partial charge on any atom is -0.465 e. The molecule has 0 bridgehead atoms. The van der Waals surface area contributed by atoms with Gasteiger partial charge in [-0.05, 0) is 51.8 Å². The van der Waals surface area contributed by atoms with Crippen molar-refractivity contribution in [3.05, 3.63) is 0 Å². The standard InChI is InChI=1S/C16H31NO2S/c1-4-17-16(3,15(18)19-5-2)12-9-13-20-14-10-7-6-8-11-14/h14,17H,4-13H2,1-3H3. The highest BCUT2D eigenvalue weighted by atomic mass is 32.2. The van der Waals surface area contributed by atoms with Crippen molar-refractivity contribution in [1.29, 1.82) is 0 Å². The van der Waals surface area contributed by atoms with Gasteiger partial charge >= 0.3 is 5.97 Å². The van der Waals surface area contributed by atoms with E-state index in [4.69, 9.17) is 4.74 Å². The van der Waals surface area contributed by atoms with E-state index < -0.39 is 5.54 Å². The maximum absolute atomic E-state index is 12.1. The molecule has 0 radical (unpaired) electrons. The third-order valence-electron chi connectivity index (χ3n) is 4.02. The number of carbonyl (C=O) groups excluding carboxylic acids is 1. The van der Waals surface area contributed by atoms with Crippen molar-refractivity contribution in [1.82, 2.24) is 5.32 Å². The lowest BCUT2D eigenvalue weighted by Crippen LogP contribution is -2.50. The topological polar surface area (TPSA) is 38.3 Å². The van der Waals surface area contributed by atoms with Gasteiger partial charge in [-0.3, -0.25) is 4.79 Å². The fraction of sp³-hybridized carbons (Fsp3) is 0.938. The molecule has 0 aliphatic heterocycles. The molecule has 4 heteroatoms. The minimum absolute atomic E-state index is 0.107. The third kappa shape index (κ3) is 6.04. The summed E-state index contributed by atoms with van der Waals surface area (Å²) in [4.78, 5) is 12.1. The number of ether oxygens (including phenoxy) is 1. The molecule has 20 heavy (non-hydrogen) atoms. The van der Waals surface area contributed by atoms with Crippen LogP contribution in [0.2, 0.25) is 0 Å². The zero-order valence-corrected chi connectivity index (χ0v) is 14.2. The number of hydrogen-bond donors (Lipinski definition) is 1. The van der Waals surface area contributed by atoms with Gasteiger partial charge in [0.1, 0.15) is 5.54 Å². The molecule has 0 aromatic heterocycles. The first-order chi connectivity index (χ1) is 9.62. The van der Waals surface area contributed by atoms with E-state index in [1.54, 1.807) is 0 Å². The Morgan fingerprint density at radius 3 is 2.60 bits per heavy atom.